The van der Waals surface area contributed by atoms with Crippen molar-refractivity contribution in [2.24, 2.45) is 17.6 Å². The SMILES string of the molecule is CC(C)Cc1nnc(NC(=O)C(N)C2CCOCC2)s1. The number of rotatable bonds is 5. The number of aromatic nitrogens is 2. The molecule has 1 unspecified atom stereocenters. The average Bonchev–Trinajstić information content (AvgIpc) is 2.85. The molecule has 3 N–H and O–H groups in total. The molecule has 2 rings (SSSR count). The lowest BCUT2D eigenvalue weighted by Gasteiger charge is -2.26. The van der Waals surface area contributed by atoms with Crippen LogP contribution in [0.3, 0.4) is 0 Å². The van der Waals surface area contributed by atoms with Crippen LogP contribution in [0.2, 0.25) is 0 Å². The van der Waals surface area contributed by atoms with Gasteiger partial charge in [0.2, 0.25) is 11.0 Å². The molecule has 1 aliphatic rings. The van der Waals surface area contributed by atoms with E-state index in [1.165, 1.54) is 11.3 Å². The first kappa shape index (κ1) is 15.3. The highest BCUT2D eigenvalue weighted by atomic mass is 32.1. The number of carbonyl (C=O) groups is 1. The van der Waals surface area contributed by atoms with E-state index in [0.717, 1.165) is 24.3 Å². The molecule has 0 bridgehead atoms. The quantitative estimate of drug-likeness (QED) is 0.858. The Bertz CT molecular complexity index is 443. The van der Waals surface area contributed by atoms with Crippen molar-refractivity contribution in [2.75, 3.05) is 18.5 Å². The van der Waals surface area contributed by atoms with Gasteiger partial charge >= 0.3 is 0 Å². The highest BCUT2D eigenvalue weighted by Crippen LogP contribution is 2.21. The molecule has 0 spiro atoms. The van der Waals surface area contributed by atoms with E-state index in [4.69, 9.17) is 10.5 Å². The number of hydrogen-bond acceptors (Lipinski definition) is 6. The molecule has 7 heteroatoms. The molecule has 20 heavy (non-hydrogen) atoms. The molecule has 0 aromatic carbocycles. The number of ether oxygens (including phenoxy) is 1. The molecule has 1 aliphatic heterocycles. The Morgan fingerprint density at radius 2 is 2.15 bits per heavy atom. The second-order valence-electron chi connectivity index (χ2n) is 5.56. The summed E-state index contributed by atoms with van der Waals surface area (Å²) in [5.74, 6) is 0.534. The Labute approximate surface area is 123 Å². The second kappa shape index (κ2) is 7.10. The molecule has 0 aliphatic carbocycles. The molecule has 1 aromatic heterocycles. The number of hydrogen-bond donors (Lipinski definition) is 2. The number of carbonyl (C=O) groups excluding carboxylic acids is 1. The van der Waals surface area contributed by atoms with Crippen molar-refractivity contribution in [1.29, 1.82) is 0 Å². The molecular formula is C13H22N4O2S. The summed E-state index contributed by atoms with van der Waals surface area (Å²) in [4.78, 5) is 12.1. The second-order valence-corrected chi connectivity index (χ2v) is 6.63. The van der Waals surface area contributed by atoms with Gasteiger partial charge in [0.15, 0.2) is 0 Å². The predicted molar refractivity (Wildman–Crippen MR) is 78.6 cm³/mol. The Balaban J connectivity index is 1.88. The third kappa shape index (κ3) is 4.22. The van der Waals surface area contributed by atoms with Crippen LogP contribution in [0.25, 0.3) is 0 Å². The molecule has 1 fully saturated rings. The molecule has 0 radical (unpaired) electrons. The molecule has 1 atom stereocenters. The summed E-state index contributed by atoms with van der Waals surface area (Å²) in [6.45, 7) is 5.62. The van der Waals surface area contributed by atoms with E-state index in [-0.39, 0.29) is 11.8 Å². The molecule has 1 saturated heterocycles. The van der Waals surface area contributed by atoms with Crippen molar-refractivity contribution >= 4 is 22.4 Å². The van der Waals surface area contributed by atoms with E-state index in [0.29, 0.717) is 24.3 Å². The lowest BCUT2D eigenvalue weighted by Crippen LogP contribution is -2.43. The van der Waals surface area contributed by atoms with Crippen LogP contribution in [0.1, 0.15) is 31.7 Å². The van der Waals surface area contributed by atoms with E-state index in [2.05, 4.69) is 29.4 Å². The number of nitrogens with two attached hydrogens (primary N) is 1. The standard InChI is InChI=1S/C13H22N4O2S/c1-8(2)7-10-16-17-13(20-10)15-12(18)11(14)9-3-5-19-6-4-9/h8-9,11H,3-7,14H2,1-2H3,(H,15,17,18). The van der Waals surface area contributed by atoms with E-state index in [1.807, 2.05) is 0 Å². The first-order valence-electron chi connectivity index (χ1n) is 7.03. The van der Waals surface area contributed by atoms with Crippen molar-refractivity contribution in [1.82, 2.24) is 10.2 Å². The Morgan fingerprint density at radius 3 is 2.80 bits per heavy atom. The van der Waals surface area contributed by atoms with Crippen molar-refractivity contribution in [3.63, 3.8) is 0 Å². The van der Waals surface area contributed by atoms with Crippen LogP contribution >= 0.6 is 11.3 Å². The molecule has 112 valence electrons. The highest BCUT2D eigenvalue weighted by molar-refractivity contribution is 7.15. The molecule has 0 saturated carbocycles. The molecular weight excluding hydrogens is 276 g/mol. The van der Waals surface area contributed by atoms with Gasteiger partial charge in [0.1, 0.15) is 5.01 Å². The Morgan fingerprint density at radius 1 is 1.45 bits per heavy atom. The zero-order chi connectivity index (χ0) is 14.5. The van der Waals surface area contributed by atoms with Gasteiger partial charge in [-0.05, 0) is 24.7 Å². The van der Waals surface area contributed by atoms with E-state index in [9.17, 15) is 4.79 Å². The van der Waals surface area contributed by atoms with Crippen molar-refractivity contribution in [2.45, 2.75) is 39.2 Å². The number of anilines is 1. The molecule has 2 heterocycles. The van der Waals surface area contributed by atoms with Gasteiger partial charge < -0.3 is 10.5 Å². The van der Waals surface area contributed by atoms with Gasteiger partial charge in [-0.1, -0.05) is 25.2 Å². The third-order valence-corrected chi connectivity index (χ3v) is 4.22. The summed E-state index contributed by atoms with van der Waals surface area (Å²) < 4.78 is 5.28. The predicted octanol–water partition coefficient (Wildman–Crippen LogP) is 1.43. The molecule has 6 nitrogen and oxygen atoms in total. The van der Waals surface area contributed by atoms with Crippen molar-refractivity contribution < 1.29 is 9.53 Å². The van der Waals surface area contributed by atoms with Crippen LogP contribution in [0.5, 0.6) is 0 Å². The zero-order valence-electron chi connectivity index (χ0n) is 12.0. The first-order chi connectivity index (χ1) is 9.56. The van der Waals surface area contributed by atoms with Gasteiger partial charge in [0.05, 0.1) is 6.04 Å². The molecule has 1 aromatic rings. The average molecular weight is 298 g/mol. The maximum absolute atomic E-state index is 12.1. The summed E-state index contributed by atoms with van der Waals surface area (Å²) in [6.07, 6.45) is 2.55. The monoisotopic (exact) mass is 298 g/mol. The lowest BCUT2D eigenvalue weighted by molar-refractivity contribution is -0.119. The van der Waals surface area contributed by atoms with Gasteiger partial charge in [-0.25, -0.2) is 0 Å². The van der Waals surface area contributed by atoms with Crippen LogP contribution in [0, 0.1) is 11.8 Å². The summed E-state index contributed by atoms with van der Waals surface area (Å²) in [7, 11) is 0. The van der Waals surface area contributed by atoms with Gasteiger partial charge in [0.25, 0.3) is 0 Å². The first-order valence-corrected chi connectivity index (χ1v) is 7.84. The van der Waals surface area contributed by atoms with Crippen LogP contribution < -0.4 is 11.1 Å². The minimum Gasteiger partial charge on any atom is -0.381 e. The van der Waals surface area contributed by atoms with E-state index < -0.39 is 6.04 Å². The minimum absolute atomic E-state index is 0.177. The number of nitrogens with zero attached hydrogens (tertiary/aromatic N) is 2. The molecule has 1 amide bonds. The Kier molecular flexibility index (Phi) is 5.45. The minimum atomic E-state index is -0.503. The largest absolute Gasteiger partial charge is 0.381 e. The van der Waals surface area contributed by atoms with Gasteiger partial charge in [-0.3, -0.25) is 10.1 Å². The summed E-state index contributed by atoms with van der Waals surface area (Å²) >= 11 is 1.42. The maximum Gasteiger partial charge on any atom is 0.243 e. The van der Waals surface area contributed by atoms with Gasteiger partial charge in [-0.2, -0.15) is 0 Å². The lowest BCUT2D eigenvalue weighted by atomic mass is 9.92. The van der Waals surface area contributed by atoms with Crippen molar-refractivity contribution in [3.8, 4) is 0 Å². The smallest absolute Gasteiger partial charge is 0.243 e. The van der Waals surface area contributed by atoms with Crippen molar-refractivity contribution in [3.05, 3.63) is 5.01 Å². The fraction of sp³-hybridized carbons (Fsp3) is 0.769. The van der Waals surface area contributed by atoms with Crippen LogP contribution in [-0.2, 0) is 16.0 Å². The summed E-state index contributed by atoms with van der Waals surface area (Å²) in [5, 5.41) is 12.3. The maximum atomic E-state index is 12.1. The Hall–Kier alpha value is -1.05. The van der Waals surface area contributed by atoms with Gasteiger partial charge in [0, 0.05) is 19.6 Å². The summed E-state index contributed by atoms with van der Waals surface area (Å²) in [6, 6.07) is -0.503. The van der Waals surface area contributed by atoms with Crippen LogP contribution in [0.15, 0.2) is 0 Å². The zero-order valence-corrected chi connectivity index (χ0v) is 12.8. The summed E-state index contributed by atoms with van der Waals surface area (Å²) in [5.41, 5.74) is 6.02. The van der Waals surface area contributed by atoms with Gasteiger partial charge in [-0.15, -0.1) is 10.2 Å². The fourth-order valence-corrected chi connectivity index (χ4v) is 3.17. The topological polar surface area (TPSA) is 90.1 Å². The number of nitrogens with one attached hydrogen (secondary N) is 1. The number of amides is 1. The third-order valence-electron chi connectivity index (χ3n) is 3.36. The van der Waals surface area contributed by atoms with Crippen LogP contribution in [0.4, 0.5) is 5.13 Å². The van der Waals surface area contributed by atoms with E-state index in [1.54, 1.807) is 0 Å². The van der Waals surface area contributed by atoms with Crippen LogP contribution in [-0.4, -0.2) is 35.4 Å². The van der Waals surface area contributed by atoms with E-state index >= 15 is 0 Å². The highest BCUT2D eigenvalue weighted by Gasteiger charge is 2.27. The normalized spacial score (nSPS) is 18.2. The fourth-order valence-electron chi connectivity index (χ4n) is 2.21.